The molecule has 0 spiro atoms. The fraction of sp³-hybridized carbons (Fsp3) is 0.333. The van der Waals surface area contributed by atoms with E-state index in [9.17, 15) is 4.79 Å². The molecule has 0 radical (unpaired) electrons. The van der Waals surface area contributed by atoms with Crippen LogP contribution < -0.4 is 4.90 Å². The number of hydrogen-bond acceptors (Lipinski definition) is 5. The maximum absolute atomic E-state index is 13.8. The van der Waals surface area contributed by atoms with Gasteiger partial charge in [0, 0.05) is 23.2 Å². The van der Waals surface area contributed by atoms with Crippen LogP contribution in [0.5, 0.6) is 0 Å². The average molecular weight is 472 g/mol. The second kappa shape index (κ2) is 9.25. The van der Waals surface area contributed by atoms with E-state index in [1.54, 1.807) is 11.3 Å². The van der Waals surface area contributed by atoms with E-state index >= 15 is 0 Å². The molecule has 2 aromatic heterocycles. The molecule has 0 fully saturated rings. The summed E-state index contributed by atoms with van der Waals surface area (Å²) in [5, 5.41) is 2.19. The van der Waals surface area contributed by atoms with Gasteiger partial charge >= 0.3 is 0 Å². The van der Waals surface area contributed by atoms with Crippen molar-refractivity contribution < 1.29 is 4.79 Å². The third-order valence-corrected chi connectivity index (χ3v) is 8.44. The van der Waals surface area contributed by atoms with Crippen molar-refractivity contribution in [1.82, 2.24) is 9.88 Å². The number of amides is 1. The summed E-state index contributed by atoms with van der Waals surface area (Å²) in [5.74, 6) is -0.0770. The normalized spacial score (nSPS) is 11.7. The first kappa shape index (κ1) is 22.2. The molecule has 7 heteroatoms. The third kappa shape index (κ3) is 4.35. The van der Waals surface area contributed by atoms with E-state index in [1.165, 1.54) is 22.5 Å². The molecule has 0 aliphatic carbocycles. The Hall–Kier alpha value is -1.99. The second-order valence-corrected chi connectivity index (χ2v) is 10.1. The number of fused-ring (bicyclic) bond motifs is 2. The van der Waals surface area contributed by atoms with Crippen LogP contribution in [0.4, 0.5) is 5.13 Å². The van der Waals surface area contributed by atoms with Crippen LogP contribution in [0.1, 0.15) is 34.6 Å². The minimum atomic E-state index is -0.0770. The van der Waals surface area contributed by atoms with Gasteiger partial charge in [-0.05, 0) is 50.2 Å². The number of aromatic nitrogens is 1. The number of anilines is 1. The number of aryl methyl sites for hydroxylation is 2. The summed E-state index contributed by atoms with van der Waals surface area (Å²) >= 11 is 9.69. The van der Waals surface area contributed by atoms with Gasteiger partial charge in [0.1, 0.15) is 4.88 Å². The highest BCUT2D eigenvalue weighted by Gasteiger charge is 2.26. The SMILES string of the molecule is CCN(CC)CCN(C(=O)c1sc2ccccc2c1Cl)c1nc2cc(C)cc(C)c2s1. The maximum Gasteiger partial charge on any atom is 0.271 e. The van der Waals surface area contributed by atoms with Gasteiger partial charge in [-0.3, -0.25) is 9.69 Å². The molecule has 0 bridgehead atoms. The highest BCUT2D eigenvalue weighted by atomic mass is 35.5. The van der Waals surface area contributed by atoms with Gasteiger partial charge in [0.25, 0.3) is 5.91 Å². The molecule has 0 atom stereocenters. The molecule has 0 aliphatic heterocycles. The Bertz CT molecular complexity index is 1240. The Morgan fingerprint density at radius 3 is 2.52 bits per heavy atom. The highest BCUT2D eigenvalue weighted by Crippen LogP contribution is 2.38. The maximum atomic E-state index is 13.8. The molecule has 31 heavy (non-hydrogen) atoms. The van der Waals surface area contributed by atoms with Crippen molar-refractivity contribution in [2.45, 2.75) is 27.7 Å². The zero-order chi connectivity index (χ0) is 22.1. The van der Waals surface area contributed by atoms with Crippen LogP contribution in [0.3, 0.4) is 0 Å². The van der Waals surface area contributed by atoms with Crippen molar-refractivity contribution >= 4 is 65.6 Å². The topological polar surface area (TPSA) is 36.4 Å². The van der Waals surface area contributed by atoms with Crippen LogP contribution in [0.2, 0.25) is 5.02 Å². The summed E-state index contributed by atoms with van der Waals surface area (Å²) in [5.41, 5.74) is 3.31. The van der Waals surface area contributed by atoms with Crippen molar-refractivity contribution in [3.05, 3.63) is 57.4 Å². The fourth-order valence-corrected chi connectivity index (χ4v) is 6.32. The van der Waals surface area contributed by atoms with Crippen molar-refractivity contribution in [3.8, 4) is 0 Å². The molecule has 4 nitrogen and oxygen atoms in total. The average Bonchev–Trinajstić information content (AvgIpc) is 3.32. The van der Waals surface area contributed by atoms with Crippen molar-refractivity contribution in [2.24, 2.45) is 0 Å². The zero-order valence-electron chi connectivity index (χ0n) is 18.2. The number of likely N-dealkylation sites (N-methyl/N-ethyl adjacent to an activating group) is 1. The van der Waals surface area contributed by atoms with Gasteiger partial charge in [-0.2, -0.15) is 0 Å². The van der Waals surface area contributed by atoms with Crippen LogP contribution in [-0.2, 0) is 0 Å². The van der Waals surface area contributed by atoms with Crippen LogP contribution in [0.15, 0.2) is 36.4 Å². The van der Waals surface area contributed by atoms with E-state index in [1.807, 2.05) is 29.2 Å². The van der Waals surface area contributed by atoms with Gasteiger partial charge in [-0.1, -0.05) is 61.1 Å². The fourth-order valence-electron chi connectivity index (χ4n) is 3.82. The quantitative estimate of drug-likeness (QED) is 0.298. The Morgan fingerprint density at radius 1 is 1.06 bits per heavy atom. The lowest BCUT2D eigenvalue weighted by Gasteiger charge is -2.24. The number of benzene rings is 2. The van der Waals surface area contributed by atoms with Crippen molar-refractivity contribution in [1.29, 1.82) is 0 Å². The number of rotatable bonds is 7. The largest absolute Gasteiger partial charge is 0.302 e. The van der Waals surface area contributed by atoms with Gasteiger partial charge < -0.3 is 4.90 Å². The number of carbonyl (C=O) groups is 1. The first-order valence-electron chi connectivity index (χ1n) is 10.5. The molecule has 162 valence electrons. The lowest BCUT2D eigenvalue weighted by molar-refractivity contribution is 0.0988. The number of hydrogen-bond donors (Lipinski definition) is 0. The predicted octanol–water partition coefficient (Wildman–Crippen LogP) is 6.77. The molecule has 0 unspecified atom stereocenters. The molecule has 0 saturated carbocycles. The van der Waals surface area contributed by atoms with Crippen LogP contribution >= 0.6 is 34.3 Å². The number of halogens is 1. The molecule has 2 aromatic carbocycles. The standard InChI is InChI=1S/C24H26ClN3OS2/c1-5-27(6-2)11-12-28(24-26-18-14-15(3)13-16(4)21(18)31-24)23(29)22-20(25)17-9-7-8-10-19(17)30-22/h7-10,13-14H,5-6,11-12H2,1-4H3. The van der Waals surface area contributed by atoms with E-state index in [4.69, 9.17) is 16.6 Å². The van der Waals surface area contributed by atoms with Gasteiger partial charge in [-0.15, -0.1) is 11.3 Å². The smallest absolute Gasteiger partial charge is 0.271 e. The molecule has 4 aromatic rings. The lowest BCUT2D eigenvalue weighted by atomic mass is 10.1. The molecular weight excluding hydrogens is 446 g/mol. The van der Waals surface area contributed by atoms with Crippen LogP contribution in [0.25, 0.3) is 20.3 Å². The number of nitrogens with zero attached hydrogens (tertiary/aromatic N) is 3. The zero-order valence-corrected chi connectivity index (χ0v) is 20.6. The number of carbonyl (C=O) groups excluding carboxylic acids is 1. The van der Waals surface area contributed by atoms with Crippen molar-refractivity contribution in [3.63, 3.8) is 0 Å². The van der Waals surface area contributed by atoms with Gasteiger partial charge in [0.05, 0.1) is 15.2 Å². The predicted molar refractivity (Wildman–Crippen MR) is 135 cm³/mol. The minimum absolute atomic E-state index is 0.0770. The highest BCUT2D eigenvalue weighted by molar-refractivity contribution is 7.23. The number of thiazole rings is 1. The summed E-state index contributed by atoms with van der Waals surface area (Å²) in [6, 6.07) is 12.1. The second-order valence-electron chi connectivity index (χ2n) is 7.65. The van der Waals surface area contributed by atoms with Gasteiger partial charge in [0.15, 0.2) is 5.13 Å². The molecule has 4 rings (SSSR count). The Labute approximate surface area is 196 Å². The van der Waals surface area contributed by atoms with Crippen LogP contribution in [0, 0.1) is 13.8 Å². The van der Waals surface area contributed by atoms with Gasteiger partial charge in [0.2, 0.25) is 0 Å². The molecule has 2 heterocycles. The van der Waals surface area contributed by atoms with E-state index in [-0.39, 0.29) is 5.91 Å². The Kier molecular flexibility index (Phi) is 6.63. The third-order valence-electron chi connectivity index (χ3n) is 5.55. The molecule has 0 N–H and O–H groups in total. The first-order chi connectivity index (χ1) is 14.9. The lowest BCUT2D eigenvalue weighted by Crippen LogP contribution is -2.38. The van der Waals surface area contributed by atoms with E-state index < -0.39 is 0 Å². The van der Waals surface area contributed by atoms with E-state index in [0.717, 1.165) is 45.1 Å². The summed E-state index contributed by atoms with van der Waals surface area (Å²) in [4.78, 5) is 23.3. The number of thiophene rings is 1. The van der Waals surface area contributed by atoms with Gasteiger partial charge in [-0.25, -0.2) is 4.98 Å². The summed E-state index contributed by atoms with van der Waals surface area (Å²) in [6.45, 7) is 11.7. The first-order valence-corrected chi connectivity index (χ1v) is 12.5. The van der Waals surface area contributed by atoms with E-state index in [2.05, 4.69) is 44.7 Å². The van der Waals surface area contributed by atoms with Crippen LogP contribution in [-0.4, -0.2) is 42.0 Å². The molecule has 0 aliphatic rings. The summed E-state index contributed by atoms with van der Waals surface area (Å²) < 4.78 is 2.15. The summed E-state index contributed by atoms with van der Waals surface area (Å²) in [6.07, 6.45) is 0. The molecule has 1 amide bonds. The van der Waals surface area contributed by atoms with Crippen molar-refractivity contribution in [2.75, 3.05) is 31.1 Å². The Morgan fingerprint density at radius 2 is 1.81 bits per heavy atom. The monoisotopic (exact) mass is 471 g/mol. The minimum Gasteiger partial charge on any atom is -0.302 e. The molecular formula is C24H26ClN3OS2. The summed E-state index contributed by atoms with van der Waals surface area (Å²) in [7, 11) is 0. The Balaban J connectivity index is 1.77. The molecule has 0 saturated heterocycles. The van der Waals surface area contributed by atoms with E-state index in [0.29, 0.717) is 16.4 Å².